The molecule has 4 aromatic rings. The molecule has 1 saturated heterocycles. The molecule has 0 atom stereocenters. The van der Waals surface area contributed by atoms with E-state index in [-0.39, 0.29) is 0 Å². The lowest BCUT2D eigenvalue weighted by atomic mass is 10.3. The molecule has 7 heteroatoms. The van der Waals surface area contributed by atoms with Gasteiger partial charge < -0.3 is 15.0 Å². The first-order chi connectivity index (χ1) is 13.9. The maximum atomic E-state index is 5.48. The summed E-state index contributed by atoms with van der Waals surface area (Å²) >= 11 is 0. The van der Waals surface area contributed by atoms with Crippen LogP contribution in [-0.2, 0) is 4.74 Å². The molecule has 28 heavy (non-hydrogen) atoms. The van der Waals surface area contributed by atoms with E-state index in [0.717, 1.165) is 35.6 Å². The summed E-state index contributed by atoms with van der Waals surface area (Å²) in [6.07, 6.45) is 1.80. The highest BCUT2D eigenvalue weighted by Crippen LogP contribution is 2.27. The Labute approximate surface area is 162 Å². The second kappa shape index (κ2) is 7.28. The average molecular weight is 372 g/mol. The van der Waals surface area contributed by atoms with Crippen molar-refractivity contribution in [1.82, 2.24) is 19.5 Å². The number of hydrogen-bond donors (Lipinski definition) is 1. The topological polar surface area (TPSA) is 68.1 Å². The molecule has 0 amide bonds. The standard InChI is InChI=1S/C21H20N6O/c1-3-7-16(8-4-1)23-19-18-20(25-21(24-19)26-11-13-28-14-12-26)27(15-22-18)17-9-5-2-6-10-17/h1-10,15H,11-14H2,(H,23,24,25). The predicted molar refractivity (Wildman–Crippen MR) is 109 cm³/mol. The van der Waals surface area contributed by atoms with E-state index in [0.29, 0.717) is 25.0 Å². The molecule has 1 aliphatic rings. The first-order valence-corrected chi connectivity index (χ1v) is 9.34. The first kappa shape index (κ1) is 16.7. The van der Waals surface area contributed by atoms with E-state index >= 15 is 0 Å². The van der Waals surface area contributed by atoms with Gasteiger partial charge in [0.15, 0.2) is 17.0 Å². The smallest absolute Gasteiger partial charge is 0.229 e. The van der Waals surface area contributed by atoms with Crippen LogP contribution in [0.2, 0.25) is 0 Å². The molecule has 0 unspecified atom stereocenters. The lowest BCUT2D eigenvalue weighted by molar-refractivity contribution is 0.122. The summed E-state index contributed by atoms with van der Waals surface area (Å²) in [7, 11) is 0. The van der Waals surface area contributed by atoms with E-state index in [1.807, 2.05) is 65.2 Å². The zero-order chi connectivity index (χ0) is 18.8. The monoisotopic (exact) mass is 372 g/mol. The van der Waals surface area contributed by atoms with Crippen molar-refractivity contribution in [3.05, 3.63) is 67.0 Å². The van der Waals surface area contributed by atoms with Crippen molar-refractivity contribution in [3.63, 3.8) is 0 Å². The van der Waals surface area contributed by atoms with Gasteiger partial charge in [-0.2, -0.15) is 9.97 Å². The van der Waals surface area contributed by atoms with Crippen LogP contribution in [0.4, 0.5) is 17.5 Å². The number of anilines is 3. The van der Waals surface area contributed by atoms with Gasteiger partial charge in [0.25, 0.3) is 0 Å². The maximum Gasteiger partial charge on any atom is 0.229 e. The molecular formula is C21H20N6O. The molecule has 1 fully saturated rings. The minimum absolute atomic E-state index is 0.681. The molecule has 0 bridgehead atoms. The highest BCUT2D eigenvalue weighted by molar-refractivity contribution is 5.87. The van der Waals surface area contributed by atoms with Crippen molar-refractivity contribution >= 4 is 28.6 Å². The van der Waals surface area contributed by atoms with Crippen molar-refractivity contribution in [2.24, 2.45) is 0 Å². The lowest BCUT2D eigenvalue weighted by Gasteiger charge is -2.27. The van der Waals surface area contributed by atoms with Crippen molar-refractivity contribution in [3.8, 4) is 5.69 Å². The Bertz CT molecular complexity index is 1070. The number of morpholine rings is 1. The molecule has 3 heterocycles. The third-order valence-electron chi connectivity index (χ3n) is 4.75. The molecular weight excluding hydrogens is 352 g/mol. The molecule has 7 nitrogen and oxygen atoms in total. The number of imidazole rings is 1. The van der Waals surface area contributed by atoms with Gasteiger partial charge in [-0.15, -0.1) is 0 Å². The van der Waals surface area contributed by atoms with Crippen LogP contribution in [0, 0.1) is 0 Å². The Morgan fingerprint density at radius 1 is 0.857 bits per heavy atom. The van der Waals surface area contributed by atoms with Gasteiger partial charge in [0.05, 0.1) is 13.2 Å². The highest BCUT2D eigenvalue weighted by atomic mass is 16.5. The zero-order valence-corrected chi connectivity index (χ0v) is 15.3. The van der Waals surface area contributed by atoms with Gasteiger partial charge in [-0.05, 0) is 24.3 Å². The van der Waals surface area contributed by atoms with Crippen LogP contribution >= 0.6 is 0 Å². The van der Waals surface area contributed by atoms with Crippen molar-refractivity contribution in [2.45, 2.75) is 0 Å². The second-order valence-corrected chi connectivity index (χ2v) is 6.58. The summed E-state index contributed by atoms with van der Waals surface area (Å²) < 4.78 is 7.48. The van der Waals surface area contributed by atoms with Gasteiger partial charge in [-0.25, -0.2) is 4.98 Å². The average Bonchev–Trinajstić information content (AvgIpc) is 3.20. The van der Waals surface area contributed by atoms with Crippen LogP contribution < -0.4 is 10.2 Å². The van der Waals surface area contributed by atoms with Gasteiger partial charge in [-0.3, -0.25) is 4.57 Å². The van der Waals surface area contributed by atoms with Crippen LogP contribution in [0.1, 0.15) is 0 Å². The molecule has 2 aromatic heterocycles. The SMILES string of the molecule is c1ccc(Nc2nc(N3CCOCC3)nc3c2ncn3-c2ccccc2)cc1. The fourth-order valence-electron chi connectivity index (χ4n) is 3.32. The Kier molecular flexibility index (Phi) is 4.34. The van der Waals surface area contributed by atoms with Gasteiger partial charge in [-0.1, -0.05) is 36.4 Å². The van der Waals surface area contributed by atoms with Crippen LogP contribution in [0.5, 0.6) is 0 Å². The molecule has 1 aliphatic heterocycles. The number of fused-ring (bicyclic) bond motifs is 1. The normalized spacial score (nSPS) is 14.4. The van der Waals surface area contributed by atoms with Gasteiger partial charge >= 0.3 is 0 Å². The van der Waals surface area contributed by atoms with Crippen molar-refractivity contribution in [1.29, 1.82) is 0 Å². The third kappa shape index (κ3) is 3.16. The van der Waals surface area contributed by atoms with Crippen molar-refractivity contribution in [2.75, 3.05) is 36.5 Å². The summed E-state index contributed by atoms with van der Waals surface area (Å²) in [4.78, 5) is 16.4. The van der Waals surface area contributed by atoms with Crippen LogP contribution in [0.3, 0.4) is 0 Å². The van der Waals surface area contributed by atoms with Crippen LogP contribution in [-0.4, -0.2) is 45.8 Å². The van der Waals surface area contributed by atoms with E-state index in [2.05, 4.69) is 15.2 Å². The van der Waals surface area contributed by atoms with E-state index in [1.54, 1.807) is 6.33 Å². The molecule has 0 spiro atoms. The number of aromatic nitrogens is 4. The van der Waals surface area contributed by atoms with E-state index in [1.165, 1.54) is 0 Å². The summed E-state index contributed by atoms with van der Waals surface area (Å²) in [6.45, 7) is 2.91. The fraction of sp³-hybridized carbons (Fsp3) is 0.190. The molecule has 0 aliphatic carbocycles. The van der Waals surface area contributed by atoms with Gasteiger partial charge in [0.2, 0.25) is 5.95 Å². The number of nitrogens with one attached hydrogen (secondary N) is 1. The first-order valence-electron chi connectivity index (χ1n) is 9.34. The van der Waals surface area contributed by atoms with Crippen LogP contribution in [0.25, 0.3) is 16.9 Å². The molecule has 0 radical (unpaired) electrons. The number of nitrogens with zero attached hydrogens (tertiary/aromatic N) is 5. The molecule has 0 saturated carbocycles. The largest absolute Gasteiger partial charge is 0.378 e. The summed E-state index contributed by atoms with van der Waals surface area (Å²) in [5.41, 5.74) is 3.50. The Hall–Kier alpha value is -3.45. The zero-order valence-electron chi connectivity index (χ0n) is 15.3. The lowest BCUT2D eigenvalue weighted by Crippen LogP contribution is -2.37. The molecule has 1 N–H and O–H groups in total. The Balaban J connectivity index is 1.65. The van der Waals surface area contributed by atoms with Crippen molar-refractivity contribution < 1.29 is 4.74 Å². The van der Waals surface area contributed by atoms with E-state index < -0.39 is 0 Å². The maximum absolute atomic E-state index is 5.48. The molecule has 2 aromatic carbocycles. The third-order valence-corrected chi connectivity index (χ3v) is 4.75. The minimum atomic E-state index is 0.681. The quantitative estimate of drug-likeness (QED) is 0.592. The number of hydrogen-bond acceptors (Lipinski definition) is 6. The summed E-state index contributed by atoms with van der Waals surface area (Å²) in [5.74, 6) is 1.39. The Morgan fingerprint density at radius 3 is 2.32 bits per heavy atom. The molecule has 5 rings (SSSR count). The van der Waals surface area contributed by atoms with Gasteiger partial charge in [0.1, 0.15) is 6.33 Å². The molecule has 140 valence electrons. The summed E-state index contributed by atoms with van der Waals surface area (Å²) in [5, 5.41) is 3.41. The number of para-hydroxylation sites is 2. The number of rotatable bonds is 4. The minimum Gasteiger partial charge on any atom is -0.378 e. The van der Waals surface area contributed by atoms with E-state index in [9.17, 15) is 0 Å². The Morgan fingerprint density at radius 2 is 1.57 bits per heavy atom. The number of benzene rings is 2. The fourth-order valence-corrected chi connectivity index (χ4v) is 3.32. The number of ether oxygens (including phenoxy) is 1. The van der Waals surface area contributed by atoms with Gasteiger partial charge in [0, 0.05) is 24.5 Å². The van der Waals surface area contributed by atoms with Crippen LogP contribution in [0.15, 0.2) is 67.0 Å². The second-order valence-electron chi connectivity index (χ2n) is 6.58. The van der Waals surface area contributed by atoms with E-state index in [4.69, 9.17) is 14.7 Å². The highest BCUT2D eigenvalue weighted by Gasteiger charge is 2.19. The summed E-state index contributed by atoms with van der Waals surface area (Å²) in [6, 6.07) is 20.1. The predicted octanol–water partition coefficient (Wildman–Crippen LogP) is 3.40.